The number of hydrogen-bond donors (Lipinski definition) is 2. The molecule has 0 saturated heterocycles. The minimum Gasteiger partial charge on any atom is -0.394 e. The summed E-state index contributed by atoms with van der Waals surface area (Å²) >= 11 is 1.76. The molecule has 0 bridgehead atoms. The number of thioether (sulfide) groups is 1. The molecule has 0 saturated carbocycles. The molecular formula is C17H21NOS. The van der Waals surface area contributed by atoms with Crippen LogP contribution in [-0.4, -0.2) is 17.5 Å². The summed E-state index contributed by atoms with van der Waals surface area (Å²) in [5.74, 6) is 1.61. The second-order valence-corrected chi connectivity index (χ2v) is 6.15. The maximum Gasteiger partial charge on any atom is 0.0735 e. The first-order valence-electron chi connectivity index (χ1n) is 6.72. The predicted octanol–water partition coefficient (Wildman–Crippen LogP) is 3.07. The molecule has 2 rings (SSSR count). The zero-order valence-corrected chi connectivity index (χ0v) is 12.6. The molecule has 2 aromatic carbocycles. The molecule has 0 amide bonds. The van der Waals surface area contributed by atoms with Gasteiger partial charge >= 0.3 is 0 Å². The van der Waals surface area contributed by atoms with Crippen LogP contribution < -0.4 is 5.73 Å². The van der Waals surface area contributed by atoms with Crippen molar-refractivity contribution in [2.24, 2.45) is 5.73 Å². The van der Waals surface area contributed by atoms with Crippen LogP contribution in [0.5, 0.6) is 0 Å². The zero-order valence-electron chi connectivity index (χ0n) is 11.8. The Labute approximate surface area is 125 Å². The number of rotatable bonds is 6. The van der Waals surface area contributed by atoms with Gasteiger partial charge in [-0.1, -0.05) is 60.2 Å². The van der Waals surface area contributed by atoms with Gasteiger partial charge in [-0.15, -0.1) is 0 Å². The summed E-state index contributed by atoms with van der Waals surface area (Å²) in [6, 6.07) is 18.3. The molecule has 1 atom stereocenters. The van der Waals surface area contributed by atoms with Crippen molar-refractivity contribution in [1.29, 1.82) is 0 Å². The number of aliphatic hydroxyl groups excluding tert-OH is 1. The molecule has 0 fully saturated rings. The van der Waals surface area contributed by atoms with Crippen LogP contribution in [0.3, 0.4) is 0 Å². The summed E-state index contributed by atoms with van der Waals surface area (Å²) in [5.41, 5.74) is 9.22. The van der Waals surface area contributed by atoms with E-state index in [0.29, 0.717) is 5.75 Å². The highest BCUT2D eigenvalue weighted by molar-refractivity contribution is 7.98. The number of benzene rings is 2. The lowest BCUT2D eigenvalue weighted by Gasteiger charge is -2.27. The Bertz CT molecular complexity index is 544. The van der Waals surface area contributed by atoms with Crippen LogP contribution in [0.25, 0.3) is 0 Å². The highest BCUT2D eigenvalue weighted by Gasteiger charge is 2.26. The van der Waals surface area contributed by atoms with Gasteiger partial charge in [-0.25, -0.2) is 0 Å². The Balaban J connectivity index is 1.98. The van der Waals surface area contributed by atoms with Gasteiger partial charge < -0.3 is 10.8 Å². The third kappa shape index (κ3) is 3.85. The first-order chi connectivity index (χ1) is 9.64. The molecule has 3 heteroatoms. The average molecular weight is 287 g/mol. The highest BCUT2D eigenvalue weighted by atomic mass is 32.2. The smallest absolute Gasteiger partial charge is 0.0735 e. The first-order valence-corrected chi connectivity index (χ1v) is 7.88. The van der Waals surface area contributed by atoms with Gasteiger partial charge in [0.25, 0.3) is 0 Å². The zero-order chi connectivity index (χ0) is 14.4. The van der Waals surface area contributed by atoms with Crippen LogP contribution in [-0.2, 0) is 11.3 Å². The molecule has 2 aromatic rings. The van der Waals surface area contributed by atoms with Gasteiger partial charge in [0.1, 0.15) is 0 Å². The lowest BCUT2D eigenvalue weighted by molar-refractivity contribution is 0.213. The third-order valence-electron chi connectivity index (χ3n) is 3.34. The lowest BCUT2D eigenvalue weighted by Crippen LogP contribution is -2.43. The molecule has 0 aromatic heterocycles. The van der Waals surface area contributed by atoms with Gasteiger partial charge in [0.15, 0.2) is 0 Å². The van der Waals surface area contributed by atoms with Crippen molar-refractivity contribution >= 4 is 11.8 Å². The Morgan fingerprint density at radius 1 is 1.10 bits per heavy atom. The van der Waals surface area contributed by atoms with Gasteiger partial charge in [-0.05, 0) is 18.1 Å². The fourth-order valence-corrected chi connectivity index (χ4v) is 3.28. The van der Waals surface area contributed by atoms with E-state index in [9.17, 15) is 5.11 Å². The van der Waals surface area contributed by atoms with Crippen molar-refractivity contribution < 1.29 is 5.11 Å². The van der Waals surface area contributed by atoms with Crippen LogP contribution in [0.15, 0.2) is 54.6 Å². The van der Waals surface area contributed by atoms with E-state index in [1.807, 2.05) is 30.3 Å². The molecule has 0 aliphatic heterocycles. The molecule has 0 aliphatic rings. The average Bonchev–Trinajstić information content (AvgIpc) is 2.48. The predicted molar refractivity (Wildman–Crippen MR) is 86.7 cm³/mol. The fourth-order valence-electron chi connectivity index (χ4n) is 2.14. The Hall–Kier alpha value is -1.29. The van der Waals surface area contributed by atoms with E-state index in [-0.39, 0.29) is 6.61 Å². The van der Waals surface area contributed by atoms with E-state index in [2.05, 4.69) is 31.2 Å². The van der Waals surface area contributed by atoms with Crippen LogP contribution in [0.2, 0.25) is 0 Å². The SMILES string of the molecule is Cc1cccc(CSCC(N)(CO)c2ccccc2)c1. The second-order valence-electron chi connectivity index (χ2n) is 5.16. The summed E-state index contributed by atoms with van der Waals surface area (Å²) in [6.07, 6.45) is 0. The summed E-state index contributed by atoms with van der Waals surface area (Å²) in [7, 11) is 0. The van der Waals surface area contributed by atoms with Crippen molar-refractivity contribution in [3.05, 3.63) is 71.3 Å². The number of nitrogens with two attached hydrogens (primary N) is 1. The minimum absolute atomic E-state index is 0.0438. The molecule has 20 heavy (non-hydrogen) atoms. The lowest BCUT2D eigenvalue weighted by atomic mass is 9.94. The molecule has 3 N–H and O–H groups in total. The molecular weight excluding hydrogens is 266 g/mol. The fraction of sp³-hybridized carbons (Fsp3) is 0.294. The first kappa shape index (κ1) is 15.1. The van der Waals surface area contributed by atoms with E-state index in [1.54, 1.807) is 11.8 Å². The minimum atomic E-state index is -0.671. The van der Waals surface area contributed by atoms with E-state index in [1.165, 1.54) is 11.1 Å². The normalized spacial score (nSPS) is 13.9. The molecule has 2 nitrogen and oxygen atoms in total. The molecule has 0 heterocycles. The van der Waals surface area contributed by atoms with Gasteiger partial charge in [0, 0.05) is 11.5 Å². The topological polar surface area (TPSA) is 46.2 Å². The van der Waals surface area contributed by atoms with Crippen molar-refractivity contribution in [2.45, 2.75) is 18.2 Å². The van der Waals surface area contributed by atoms with Crippen molar-refractivity contribution in [1.82, 2.24) is 0 Å². The largest absolute Gasteiger partial charge is 0.394 e. The number of aryl methyl sites for hydroxylation is 1. The Morgan fingerprint density at radius 2 is 1.85 bits per heavy atom. The maximum atomic E-state index is 9.64. The molecule has 106 valence electrons. The highest BCUT2D eigenvalue weighted by Crippen LogP contribution is 2.25. The number of aliphatic hydroxyl groups is 1. The standard InChI is InChI=1S/C17H21NOS/c1-14-6-5-7-15(10-14)11-20-13-17(18,12-19)16-8-3-2-4-9-16/h2-10,19H,11-13,18H2,1H3. The van der Waals surface area contributed by atoms with Crippen LogP contribution in [0.4, 0.5) is 0 Å². The molecule has 0 radical (unpaired) electrons. The molecule has 0 spiro atoms. The van der Waals surface area contributed by atoms with E-state index in [0.717, 1.165) is 11.3 Å². The van der Waals surface area contributed by atoms with Gasteiger partial charge in [-0.3, -0.25) is 0 Å². The van der Waals surface area contributed by atoms with Crippen LogP contribution in [0, 0.1) is 6.92 Å². The Kier molecular flexibility index (Phi) is 5.24. The summed E-state index contributed by atoms with van der Waals surface area (Å²) in [5, 5.41) is 9.64. The summed E-state index contributed by atoms with van der Waals surface area (Å²) < 4.78 is 0. The van der Waals surface area contributed by atoms with E-state index < -0.39 is 5.54 Å². The summed E-state index contributed by atoms with van der Waals surface area (Å²) in [4.78, 5) is 0. The second kappa shape index (κ2) is 6.93. The van der Waals surface area contributed by atoms with Crippen molar-refractivity contribution in [3.63, 3.8) is 0 Å². The molecule has 0 aliphatic carbocycles. The van der Waals surface area contributed by atoms with Gasteiger partial charge in [0.05, 0.1) is 12.1 Å². The van der Waals surface area contributed by atoms with E-state index in [4.69, 9.17) is 5.73 Å². The summed E-state index contributed by atoms with van der Waals surface area (Å²) in [6.45, 7) is 2.05. The van der Waals surface area contributed by atoms with Crippen molar-refractivity contribution in [2.75, 3.05) is 12.4 Å². The molecule has 1 unspecified atom stereocenters. The van der Waals surface area contributed by atoms with Crippen LogP contribution >= 0.6 is 11.8 Å². The van der Waals surface area contributed by atoms with Crippen LogP contribution in [0.1, 0.15) is 16.7 Å². The maximum absolute atomic E-state index is 9.64. The Morgan fingerprint density at radius 3 is 2.50 bits per heavy atom. The van der Waals surface area contributed by atoms with E-state index >= 15 is 0 Å². The number of hydrogen-bond acceptors (Lipinski definition) is 3. The third-order valence-corrected chi connectivity index (χ3v) is 4.60. The van der Waals surface area contributed by atoms with Crippen molar-refractivity contribution in [3.8, 4) is 0 Å². The van der Waals surface area contributed by atoms with Gasteiger partial charge in [0.2, 0.25) is 0 Å². The quantitative estimate of drug-likeness (QED) is 0.858. The van der Waals surface area contributed by atoms with Gasteiger partial charge in [-0.2, -0.15) is 11.8 Å². The monoisotopic (exact) mass is 287 g/mol.